The molecule has 2 amide bonds. The average Bonchev–Trinajstić information content (AvgIpc) is 3.41. The lowest BCUT2D eigenvalue weighted by molar-refractivity contribution is -0.113. The van der Waals surface area contributed by atoms with Crippen LogP contribution >= 0.6 is 11.8 Å². The zero-order chi connectivity index (χ0) is 20.4. The summed E-state index contributed by atoms with van der Waals surface area (Å²) in [5.41, 5.74) is 8.56. The van der Waals surface area contributed by atoms with Gasteiger partial charge >= 0.3 is 0 Å². The number of hydrogen-bond donors (Lipinski definition) is 3. The van der Waals surface area contributed by atoms with Crippen LogP contribution in [0.2, 0.25) is 0 Å². The fourth-order valence-corrected chi connectivity index (χ4v) is 4.23. The second-order valence-corrected chi connectivity index (χ2v) is 7.48. The van der Waals surface area contributed by atoms with Crippen molar-refractivity contribution in [2.24, 2.45) is 5.73 Å². The predicted octanol–water partition coefficient (Wildman–Crippen LogP) is 1.92. The summed E-state index contributed by atoms with van der Waals surface area (Å²) >= 11 is 1.23. The van der Waals surface area contributed by atoms with Crippen molar-refractivity contribution in [1.29, 1.82) is 0 Å². The van der Waals surface area contributed by atoms with Gasteiger partial charge < -0.3 is 20.8 Å². The smallest absolute Gasteiger partial charge is 0.252 e. The van der Waals surface area contributed by atoms with Gasteiger partial charge in [-0.2, -0.15) is 0 Å². The number of carbonyl (C=O) groups is 2. The number of rotatable bonds is 7. The molecule has 0 aliphatic heterocycles. The molecule has 1 aliphatic rings. The summed E-state index contributed by atoms with van der Waals surface area (Å²) in [6.07, 6.45) is 4.18. The van der Waals surface area contributed by atoms with E-state index in [0.717, 1.165) is 36.2 Å². The first-order valence-electron chi connectivity index (χ1n) is 9.08. The first kappa shape index (κ1) is 19.1. The lowest BCUT2D eigenvalue weighted by atomic mass is 10.1. The van der Waals surface area contributed by atoms with Crippen LogP contribution in [0.4, 0.5) is 5.82 Å². The van der Waals surface area contributed by atoms with Crippen molar-refractivity contribution in [2.75, 3.05) is 18.2 Å². The number of aromatic nitrogens is 4. The third kappa shape index (κ3) is 3.70. The highest BCUT2D eigenvalue weighted by Crippen LogP contribution is 2.31. The van der Waals surface area contributed by atoms with Crippen LogP contribution in [-0.2, 0) is 17.6 Å². The number of H-pyrrole nitrogens is 1. The first-order chi connectivity index (χ1) is 14.1. The molecule has 4 rings (SSSR count). The Bertz CT molecular complexity index is 1070. The summed E-state index contributed by atoms with van der Waals surface area (Å²) in [5, 5.41) is 11.4. The van der Waals surface area contributed by atoms with E-state index in [2.05, 4.69) is 20.5 Å². The number of methoxy groups -OCH3 is 1. The zero-order valence-corrected chi connectivity index (χ0v) is 16.6. The second kappa shape index (κ2) is 8.00. The fraction of sp³-hybridized carbons (Fsp3) is 0.263. The molecule has 0 saturated heterocycles. The molecule has 3 aromatic rings. The molecule has 0 atom stereocenters. The van der Waals surface area contributed by atoms with Gasteiger partial charge in [-0.25, -0.2) is 0 Å². The zero-order valence-electron chi connectivity index (χ0n) is 15.8. The highest BCUT2D eigenvalue weighted by molar-refractivity contribution is 7.99. The minimum Gasteiger partial charge on any atom is -0.495 e. The number of carbonyl (C=O) groups excluding carboxylic acids is 2. The Morgan fingerprint density at radius 2 is 2.17 bits per heavy atom. The number of aryl methyl sites for hydroxylation is 1. The summed E-state index contributed by atoms with van der Waals surface area (Å²) < 4.78 is 7.14. The summed E-state index contributed by atoms with van der Waals surface area (Å²) in [6.45, 7) is 0. The average molecular weight is 412 g/mol. The van der Waals surface area contributed by atoms with E-state index in [0.29, 0.717) is 22.3 Å². The minimum atomic E-state index is -0.539. The molecule has 9 nitrogen and oxygen atoms in total. The predicted molar refractivity (Wildman–Crippen MR) is 109 cm³/mol. The molecule has 0 radical (unpaired) electrons. The molecule has 1 aliphatic carbocycles. The van der Waals surface area contributed by atoms with Crippen LogP contribution in [0.25, 0.3) is 5.69 Å². The number of para-hydroxylation sites is 2. The third-order valence-corrected chi connectivity index (χ3v) is 5.69. The number of aromatic amines is 1. The van der Waals surface area contributed by atoms with Gasteiger partial charge in [-0.05, 0) is 37.0 Å². The molecule has 10 heteroatoms. The number of amides is 2. The Hall–Kier alpha value is -3.27. The molecule has 150 valence electrons. The van der Waals surface area contributed by atoms with Crippen LogP contribution in [-0.4, -0.2) is 44.4 Å². The minimum absolute atomic E-state index is 0.0930. The van der Waals surface area contributed by atoms with Crippen molar-refractivity contribution in [3.8, 4) is 11.4 Å². The van der Waals surface area contributed by atoms with E-state index >= 15 is 0 Å². The molecule has 1 aromatic carbocycles. The third-order valence-electron chi connectivity index (χ3n) is 4.75. The highest BCUT2D eigenvalue weighted by atomic mass is 32.2. The van der Waals surface area contributed by atoms with E-state index in [1.54, 1.807) is 18.0 Å². The summed E-state index contributed by atoms with van der Waals surface area (Å²) in [7, 11) is 1.59. The number of ether oxygens (including phenoxy) is 1. The number of fused-ring (bicyclic) bond motifs is 1. The quantitative estimate of drug-likeness (QED) is 0.509. The van der Waals surface area contributed by atoms with Gasteiger partial charge in [0.15, 0.2) is 5.16 Å². The second-order valence-electron chi connectivity index (χ2n) is 6.54. The number of nitrogens with two attached hydrogens (primary N) is 1. The number of anilines is 1. The Labute approximate surface area is 171 Å². The van der Waals surface area contributed by atoms with Gasteiger partial charge in [0.25, 0.3) is 5.91 Å². The van der Waals surface area contributed by atoms with Crippen LogP contribution in [0.15, 0.2) is 35.7 Å². The number of hydrogen-bond acceptors (Lipinski definition) is 6. The van der Waals surface area contributed by atoms with Gasteiger partial charge in [-0.1, -0.05) is 23.9 Å². The van der Waals surface area contributed by atoms with Crippen LogP contribution in [0, 0.1) is 0 Å². The molecule has 2 aromatic heterocycles. The van der Waals surface area contributed by atoms with Crippen molar-refractivity contribution in [1.82, 2.24) is 19.7 Å². The number of nitrogens with one attached hydrogen (secondary N) is 2. The van der Waals surface area contributed by atoms with Crippen LogP contribution in [0.3, 0.4) is 0 Å². The van der Waals surface area contributed by atoms with E-state index in [1.807, 2.05) is 24.3 Å². The maximum absolute atomic E-state index is 12.5. The summed E-state index contributed by atoms with van der Waals surface area (Å²) in [6, 6.07) is 7.48. The Balaban J connectivity index is 1.47. The molecule has 0 saturated carbocycles. The van der Waals surface area contributed by atoms with E-state index < -0.39 is 5.91 Å². The number of thioether (sulfide) groups is 1. The lowest BCUT2D eigenvalue weighted by Gasteiger charge is -2.10. The number of nitrogens with zero attached hydrogens (tertiary/aromatic N) is 3. The van der Waals surface area contributed by atoms with E-state index in [4.69, 9.17) is 10.5 Å². The van der Waals surface area contributed by atoms with Crippen molar-refractivity contribution >= 4 is 29.4 Å². The molecule has 0 unspecified atom stereocenters. The summed E-state index contributed by atoms with van der Waals surface area (Å²) in [5.74, 6) is 0.329. The lowest BCUT2D eigenvalue weighted by Crippen LogP contribution is -2.20. The van der Waals surface area contributed by atoms with Crippen molar-refractivity contribution < 1.29 is 14.3 Å². The van der Waals surface area contributed by atoms with Gasteiger partial charge in [-0.15, -0.1) is 10.2 Å². The van der Waals surface area contributed by atoms with Crippen molar-refractivity contribution in [2.45, 2.75) is 24.4 Å². The van der Waals surface area contributed by atoms with E-state index in [-0.39, 0.29) is 11.7 Å². The van der Waals surface area contributed by atoms with Gasteiger partial charge in [0.1, 0.15) is 17.9 Å². The number of primary amides is 1. The molecule has 0 fully saturated rings. The maximum Gasteiger partial charge on any atom is 0.252 e. The first-order valence-corrected chi connectivity index (χ1v) is 10.1. The molecule has 0 spiro atoms. The maximum atomic E-state index is 12.5. The van der Waals surface area contributed by atoms with E-state index in [1.165, 1.54) is 11.8 Å². The molecule has 2 heterocycles. The Morgan fingerprint density at radius 3 is 2.97 bits per heavy atom. The van der Waals surface area contributed by atoms with Gasteiger partial charge in [-0.3, -0.25) is 14.2 Å². The summed E-state index contributed by atoms with van der Waals surface area (Å²) in [4.78, 5) is 27.5. The molecular formula is C19H20N6O3S. The molecule has 29 heavy (non-hydrogen) atoms. The largest absolute Gasteiger partial charge is 0.495 e. The van der Waals surface area contributed by atoms with Crippen molar-refractivity contribution in [3.05, 3.63) is 47.4 Å². The molecule has 0 bridgehead atoms. The normalized spacial score (nSPS) is 12.6. The van der Waals surface area contributed by atoms with Gasteiger partial charge in [0.05, 0.1) is 24.1 Å². The molecule has 4 N–H and O–H groups in total. The van der Waals surface area contributed by atoms with Crippen LogP contribution in [0.5, 0.6) is 5.75 Å². The Morgan fingerprint density at radius 1 is 1.34 bits per heavy atom. The highest BCUT2D eigenvalue weighted by Gasteiger charge is 2.25. The fourth-order valence-electron chi connectivity index (χ4n) is 3.51. The SMILES string of the molecule is COc1ccccc1-n1cnnc1SCC(=O)Nc1[nH]c2c(c1C(N)=O)CCC2. The van der Waals surface area contributed by atoms with Crippen molar-refractivity contribution in [3.63, 3.8) is 0 Å². The van der Waals surface area contributed by atoms with Gasteiger partial charge in [0.2, 0.25) is 5.91 Å². The monoisotopic (exact) mass is 412 g/mol. The topological polar surface area (TPSA) is 128 Å². The van der Waals surface area contributed by atoms with Crippen LogP contribution in [0.1, 0.15) is 28.0 Å². The molecular weight excluding hydrogens is 392 g/mol. The van der Waals surface area contributed by atoms with E-state index in [9.17, 15) is 9.59 Å². The van der Waals surface area contributed by atoms with Crippen LogP contribution < -0.4 is 15.8 Å². The Kier molecular flexibility index (Phi) is 5.26. The number of benzene rings is 1. The van der Waals surface area contributed by atoms with Gasteiger partial charge in [0, 0.05) is 5.69 Å². The standard InChI is InChI=1S/C19H20N6O3S/c1-28-14-8-3-2-7-13(14)25-10-21-24-19(25)29-9-15(26)23-18-16(17(20)27)11-5-4-6-12(11)22-18/h2-3,7-8,10,22H,4-6,9H2,1H3,(H2,20,27)(H,23,26).